The average Bonchev–Trinajstić information content (AvgIpc) is 2.59. The number of carbonyl (C=O) groups is 1. The summed E-state index contributed by atoms with van der Waals surface area (Å²) in [5, 5.41) is 0. The molecular formula is C13H17NO. The van der Waals surface area contributed by atoms with Crippen molar-refractivity contribution in [1.82, 2.24) is 0 Å². The number of hydrogen-bond donors (Lipinski definition) is 0. The molecule has 0 aliphatic heterocycles. The van der Waals surface area contributed by atoms with Crippen LogP contribution in [0.5, 0.6) is 0 Å². The van der Waals surface area contributed by atoms with Gasteiger partial charge < -0.3 is 4.90 Å². The van der Waals surface area contributed by atoms with Crippen molar-refractivity contribution in [3.8, 4) is 0 Å². The van der Waals surface area contributed by atoms with Gasteiger partial charge in [0.15, 0.2) is 0 Å². The van der Waals surface area contributed by atoms with Gasteiger partial charge in [-0.15, -0.1) is 0 Å². The summed E-state index contributed by atoms with van der Waals surface area (Å²) in [6.45, 7) is 3.85. The Balaban J connectivity index is 2.37. The molecule has 2 rings (SSSR count). The van der Waals surface area contributed by atoms with Gasteiger partial charge in [0.25, 0.3) is 0 Å². The minimum atomic E-state index is 0.0839. The van der Waals surface area contributed by atoms with Crippen LogP contribution in [0.15, 0.2) is 18.2 Å². The number of amides is 1. The lowest BCUT2D eigenvalue weighted by molar-refractivity contribution is -0.116. The molecule has 0 aromatic heterocycles. The molecule has 0 bridgehead atoms. The summed E-state index contributed by atoms with van der Waals surface area (Å²) in [6.07, 6.45) is 2.42. The third-order valence-electron chi connectivity index (χ3n) is 3.37. The standard InChI is InChI=1S/C13H17NO/c1-9-4-5-11-6-7-12(8-13(9)11)14(3)10(2)15/h6-9H,4-5H2,1-3H3. The summed E-state index contributed by atoms with van der Waals surface area (Å²) in [7, 11) is 1.82. The van der Waals surface area contributed by atoms with Crippen molar-refractivity contribution in [3.05, 3.63) is 29.3 Å². The monoisotopic (exact) mass is 203 g/mol. The predicted octanol–water partition coefficient (Wildman–Crippen LogP) is 2.72. The largest absolute Gasteiger partial charge is 0.316 e. The molecule has 2 heteroatoms. The van der Waals surface area contributed by atoms with Gasteiger partial charge in [-0.3, -0.25) is 4.79 Å². The zero-order valence-electron chi connectivity index (χ0n) is 9.58. The third kappa shape index (κ3) is 1.76. The summed E-state index contributed by atoms with van der Waals surface area (Å²) < 4.78 is 0. The maximum atomic E-state index is 11.3. The van der Waals surface area contributed by atoms with E-state index in [1.165, 1.54) is 24.0 Å². The molecule has 0 fully saturated rings. The number of hydrogen-bond acceptors (Lipinski definition) is 1. The summed E-state index contributed by atoms with van der Waals surface area (Å²) >= 11 is 0. The number of fused-ring (bicyclic) bond motifs is 1. The van der Waals surface area contributed by atoms with Crippen molar-refractivity contribution in [1.29, 1.82) is 0 Å². The Bertz CT molecular complexity index is 398. The van der Waals surface area contributed by atoms with Gasteiger partial charge in [-0.05, 0) is 42.0 Å². The summed E-state index contributed by atoms with van der Waals surface area (Å²) in [5.74, 6) is 0.723. The highest BCUT2D eigenvalue weighted by Gasteiger charge is 2.19. The molecule has 1 amide bonds. The van der Waals surface area contributed by atoms with Crippen LogP contribution < -0.4 is 4.90 Å². The molecule has 2 nitrogen and oxygen atoms in total. The molecule has 1 atom stereocenters. The minimum Gasteiger partial charge on any atom is -0.316 e. The number of nitrogens with zero attached hydrogens (tertiary/aromatic N) is 1. The second-order valence-electron chi connectivity index (χ2n) is 4.40. The Morgan fingerprint density at radius 3 is 2.87 bits per heavy atom. The first-order valence-corrected chi connectivity index (χ1v) is 5.46. The summed E-state index contributed by atoms with van der Waals surface area (Å²) in [4.78, 5) is 13.0. The van der Waals surface area contributed by atoms with E-state index in [1.807, 2.05) is 13.1 Å². The Kier molecular flexibility index (Phi) is 2.51. The number of anilines is 1. The van der Waals surface area contributed by atoms with E-state index in [1.54, 1.807) is 11.8 Å². The number of benzene rings is 1. The lowest BCUT2D eigenvalue weighted by Crippen LogP contribution is -2.22. The second kappa shape index (κ2) is 3.69. The van der Waals surface area contributed by atoms with Crippen LogP contribution in [0.1, 0.15) is 37.3 Å². The van der Waals surface area contributed by atoms with E-state index in [2.05, 4.69) is 19.1 Å². The van der Waals surface area contributed by atoms with Crippen LogP contribution in [0.4, 0.5) is 5.69 Å². The van der Waals surface area contributed by atoms with Gasteiger partial charge in [0.2, 0.25) is 5.91 Å². The highest BCUT2D eigenvalue weighted by atomic mass is 16.2. The lowest BCUT2D eigenvalue weighted by atomic mass is 10.0. The van der Waals surface area contributed by atoms with Crippen LogP contribution in [-0.2, 0) is 11.2 Å². The first-order chi connectivity index (χ1) is 7.09. The van der Waals surface area contributed by atoms with Crippen molar-refractivity contribution >= 4 is 11.6 Å². The van der Waals surface area contributed by atoms with Gasteiger partial charge in [-0.25, -0.2) is 0 Å². The van der Waals surface area contributed by atoms with Crippen LogP contribution in [0.25, 0.3) is 0 Å². The lowest BCUT2D eigenvalue weighted by Gasteiger charge is -2.17. The van der Waals surface area contributed by atoms with Crippen LogP contribution in [0.3, 0.4) is 0 Å². The second-order valence-corrected chi connectivity index (χ2v) is 4.40. The molecule has 1 aliphatic carbocycles. The van der Waals surface area contributed by atoms with Gasteiger partial charge in [0.05, 0.1) is 0 Å². The molecule has 1 unspecified atom stereocenters. The molecular weight excluding hydrogens is 186 g/mol. The van der Waals surface area contributed by atoms with E-state index < -0.39 is 0 Å². The van der Waals surface area contributed by atoms with E-state index in [9.17, 15) is 4.79 Å². The highest BCUT2D eigenvalue weighted by Crippen LogP contribution is 2.34. The third-order valence-corrected chi connectivity index (χ3v) is 3.37. The molecule has 80 valence electrons. The molecule has 1 aliphatic rings. The zero-order chi connectivity index (χ0) is 11.0. The fraction of sp³-hybridized carbons (Fsp3) is 0.462. The molecule has 1 aromatic rings. The minimum absolute atomic E-state index is 0.0839. The van der Waals surface area contributed by atoms with Gasteiger partial charge >= 0.3 is 0 Å². The van der Waals surface area contributed by atoms with E-state index in [4.69, 9.17) is 0 Å². The fourth-order valence-corrected chi connectivity index (χ4v) is 2.19. The molecule has 0 N–H and O–H groups in total. The Labute approximate surface area is 90.9 Å². The smallest absolute Gasteiger partial charge is 0.223 e. The number of aryl methyl sites for hydroxylation is 1. The van der Waals surface area contributed by atoms with Crippen LogP contribution >= 0.6 is 0 Å². The summed E-state index contributed by atoms with van der Waals surface area (Å²) in [5.41, 5.74) is 3.87. The van der Waals surface area contributed by atoms with Crippen LogP contribution in [0, 0.1) is 0 Å². The highest BCUT2D eigenvalue weighted by molar-refractivity contribution is 5.91. The van der Waals surface area contributed by atoms with E-state index >= 15 is 0 Å². The van der Waals surface area contributed by atoms with Crippen molar-refractivity contribution < 1.29 is 4.79 Å². The Morgan fingerprint density at radius 1 is 1.47 bits per heavy atom. The number of rotatable bonds is 1. The van der Waals surface area contributed by atoms with Gasteiger partial charge in [0, 0.05) is 19.7 Å². The van der Waals surface area contributed by atoms with Crippen molar-refractivity contribution in [2.75, 3.05) is 11.9 Å². The van der Waals surface area contributed by atoms with Gasteiger partial charge in [-0.2, -0.15) is 0 Å². The van der Waals surface area contributed by atoms with E-state index in [0.717, 1.165) is 5.69 Å². The van der Waals surface area contributed by atoms with Crippen molar-refractivity contribution in [2.24, 2.45) is 0 Å². The maximum absolute atomic E-state index is 11.3. The first-order valence-electron chi connectivity index (χ1n) is 5.46. The maximum Gasteiger partial charge on any atom is 0.223 e. The molecule has 0 saturated heterocycles. The van der Waals surface area contributed by atoms with Gasteiger partial charge in [-0.1, -0.05) is 13.0 Å². The molecule has 1 aromatic carbocycles. The zero-order valence-corrected chi connectivity index (χ0v) is 9.58. The topological polar surface area (TPSA) is 20.3 Å². The predicted molar refractivity (Wildman–Crippen MR) is 62.3 cm³/mol. The SMILES string of the molecule is CC(=O)N(C)c1ccc2c(c1)C(C)CC2. The molecule has 15 heavy (non-hydrogen) atoms. The molecule has 0 heterocycles. The van der Waals surface area contributed by atoms with E-state index in [0.29, 0.717) is 5.92 Å². The van der Waals surface area contributed by atoms with Crippen LogP contribution in [-0.4, -0.2) is 13.0 Å². The Morgan fingerprint density at radius 2 is 2.20 bits per heavy atom. The van der Waals surface area contributed by atoms with Crippen LogP contribution in [0.2, 0.25) is 0 Å². The van der Waals surface area contributed by atoms with Gasteiger partial charge in [0.1, 0.15) is 0 Å². The Hall–Kier alpha value is -1.31. The van der Waals surface area contributed by atoms with Crippen molar-refractivity contribution in [2.45, 2.75) is 32.6 Å². The fourth-order valence-electron chi connectivity index (χ4n) is 2.19. The average molecular weight is 203 g/mol. The molecule has 0 radical (unpaired) electrons. The quantitative estimate of drug-likeness (QED) is 0.687. The molecule has 0 spiro atoms. The van der Waals surface area contributed by atoms with Crippen molar-refractivity contribution in [3.63, 3.8) is 0 Å². The normalized spacial score (nSPS) is 18.7. The molecule has 0 saturated carbocycles. The van der Waals surface area contributed by atoms with E-state index in [-0.39, 0.29) is 5.91 Å². The summed E-state index contributed by atoms with van der Waals surface area (Å²) in [6, 6.07) is 6.36. The first kappa shape index (κ1) is 10.2. The number of carbonyl (C=O) groups excluding carboxylic acids is 1.